The molecule has 0 spiro atoms. The Morgan fingerprint density at radius 2 is 1.91 bits per heavy atom. The highest BCUT2D eigenvalue weighted by Crippen LogP contribution is 2.42. The number of alkyl halides is 2. The molecule has 7 heteroatoms. The largest absolute Gasteiger partial charge is 0.485 e. The zero-order valence-corrected chi connectivity index (χ0v) is 20.7. The predicted octanol–water partition coefficient (Wildman–Crippen LogP) is 5.81. The van der Waals surface area contributed by atoms with Gasteiger partial charge in [-0.15, -0.1) is 0 Å². The van der Waals surface area contributed by atoms with Crippen molar-refractivity contribution in [2.24, 2.45) is 0 Å². The second-order valence-electron chi connectivity index (χ2n) is 10.6. The van der Waals surface area contributed by atoms with Gasteiger partial charge in [-0.05, 0) is 62.9 Å². The van der Waals surface area contributed by atoms with Gasteiger partial charge >= 0.3 is 0 Å². The molecule has 5 rings (SSSR count). The Labute approximate surface area is 205 Å². The van der Waals surface area contributed by atoms with Crippen LogP contribution in [-0.2, 0) is 6.42 Å². The average Bonchev–Trinajstić information content (AvgIpc) is 3.13. The Hall–Kier alpha value is -2.51. The van der Waals surface area contributed by atoms with Gasteiger partial charge < -0.3 is 9.72 Å². The molecule has 0 saturated carbocycles. The third-order valence-corrected chi connectivity index (χ3v) is 7.17. The van der Waals surface area contributed by atoms with Gasteiger partial charge in [0.2, 0.25) is 0 Å². The standard InChI is InChI=1S/C28H34F3N3O/c1-18-13-22-21-7-4-5-8-24(21)32-26(22)27(34(18)17-28(2,3)31)19-9-10-25(23(30)14-19)35-20-15-33(16-20)12-6-11-29/h4-5,7-10,14,18,20,27,32H,6,11-13,15-17H2,1-3H3. The molecular formula is C28H34F3N3O. The monoisotopic (exact) mass is 485 g/mol. The van der Waals surface area contributed by atoms with Crippen molar-refractivity contribution in [1.82, 2.24) is 14.8 Å². The molecule has 3 heterocycles. The van der Waals surface area contributed by atoms with Crippen LogP contribution in [0.2, 0.25) is 0 Å². The van der Waals surface area contributed by atoms with Gasteiger partial charge in [-0.1, -0.05) is 24.3 Å². The number of likely N-dealkylation sites (tertiary alicyclic amines) is 1. The molecule has 2 aromatic carbocycles. The first-order valence-electron chi connectivity index (χ1n) is 12.5. The van der Waals surface area contributed by atoms with E-state index in [2.05, 4.69) is 27.8 Å². The van der Waals surface area contributed by atoms with E-state index in [-0.39, 0.29) is 37.2 Å². The van der Waals surface area contributed by atoms with Crippen molar-refractivity contribution in [3.63, 3.8) is 0 Å². The first kappa shape index (κ1) is 24.2. The lowest BCUT2D eigenvalue weighted by Crippen LogP contribution is -2.54. The number of fused-ring (bicyclic) bond motifs is 3. The second-order valence-corrected chi connectivity index (χ2v) is 10.6. The van der Waals surface area contributed by atoms with E-state index in [9.17, 15) is 8.78 Å². The van der Waals surface area contributed by atoms with Crippen molar-refractivity contribution in [1.29, 1.82) is 0 Å². The van der Waals surface area contributed by atoms with Gasteiger partial charge in [0, 0.05) is 48.8 Å². The van der Waals surface area contributed by atoms with E-state index in [0.717, 1.165) is 23.2 Å². The number of aromatic nitrogens is 1. The maximum atomic E-state index is 15.3. The van der Waals surface area contributed by atoms with Gasteiger partial charge in [-0.3, -0.25) is 14.2 Å². The van der Waals surface area contributed by atoms with Crippen LogP contribution >= 0.6 is 0 Å². The Bertz CT molecular complexity index is 1180. The third kappa shape index (κ3) is 4.94. The fourth-order valence-corrected chi connectivity index (χ4v) is 5.57. The van der Waals surface area contributed by atoms with E-state index in [1.54, 1.807) is 19.9 Å². The van der Waals surface area contributed by atoms with E-state index in [1.807, 2.05) is 24.3 Å². The zero-order chi connectivity index (χ0) is 24.7. The summed E-state index contributed by atoms with van der Waals surface area (Å²) in [5.74, 6) is -0.193. The van der Waals surface area contributed by atoms with Crippen LogP contribution in [0.1, 0.15) is 50.1 Å². The van der Waals surface area contributed by atoms with Crippen LogP contribution in [0.5, 0.6) is 5.75 Å². The number of ether oxygens (including phenoxy) is 1. The highest BCUT2D eigenvalue weighted by molar-refractivity contribution is 5.85. The maximum Gasteiger partial charge on any atom is 0.165 e. The molecule has 0 amide bonds. The molecule has 2 aliphatic heterocycles. The topological polar surface area (TPSA) is 31.5 Å². The molecule has 0 radical (unpaired) electrons. The first-order valence-corrected chi connectivity index (χ1v) is 12.5. The molecule has 188 valence electrons. The van der Waals surface area contributed by atoms with Crippen molar-refractivity contribution < 1.29 is 17.9 Å². The number of aromatic amines is 1. The van der Waals surface area contributed by atoms with E-state index in [4.69, 9.17) is 4.74 Å². The number of H-pyrrole nitrogens is 1. The summed E-state index contributed by atoms with van der Waals surface area (Å²) in [5.41, 5.74) is 2.64. The molecule has 2 aliphatic rings. The van der Waals surface area contributed by atoms with E-state index in [0.29, 0.717) is 26.1 Å². The van der Waals surface area contributed by atoms with Crippen LogP contribution in [0.4, 0.5) is 13.2 Å². The molecule has 1 N–H and O–H groups in total. The van der Waals surface area contributed by atoms with Gasteiger partial charge in [0.25, 0.3) is 0 Å². The number of hydrogen-bond acceptors (Lipinski definition) is 3. The van der Waals surface area contributed by atoms with Crippen LogP contribution < -0.4 is 4.74 Å². The summed E-state index contributed by atoms with van der Waals surface area (Å²) in [7, 11) is 0. The summed E-state index contributed by atoms with van der Waals surface area (Å²) in [6, 6.07) is 13.1. The Balaban J connectivity index is 1.45. The Morgan fingerprint density at radius 3 is 2.63 bits per heavy atom. The molecular weight excluding hydrogens is 451 g/mol. The third-order valence-electron chi connectivity index (χ3n) is 7.17. The summed E-state index contributed by atoms with van der Waals surface area (Å²) in [6.07, 6.45) is 1.22. The number of halogens is 3. The van der Waals surface area contributed by atoms with Gasteiger partial charge in [0.05, 0.1) is 12.7 Å². The molecule has 0 aliphatic carbocycles. The Morgan fingerprint density at radius 1 is 1.14 bits per heavy atom. The zero-order valence-electron chi connectivity index (χ0n) is 20.7. The number of benzene rings is 2. The van der Waals surface area contributed by atoms with Crippen LogP contribution in [0.15, 0.2) is 42.5 Å². The van der Waals surface area contributed by atoms with Crippen molar-refractivity contribution in [3.8, 4) is 5.75 Å². The minimum atomic E-state index is -1.39. The normalized spacial score (nSPS) is 21.8. The van der Waals surface area contributed by atoms with Gasteiger partial charge in [0.15, 0.2) is 11.6 Å². The molecule has 2 atom stereocenters. The highest BCUT2D eigenvalue weighted by atomic mass is 19.1. The first-order chi connectivity index (χ1) is 16.7. The summed E-state index contributed by atoms with van der Waals surface area (Å²) in [6.45, 7) is 7.26. The smallest absolute Gasteiger partial charge is 0.165 e. The lowest BCUT2D eigenvalue weighted by Gasteiger charge is -2.43. The molecule has 4 nitrogen and oxygen atoms in total. The van der Waals surface area contributed by atoms with Crippen molar-refractivity contribution in [2.75, 3.05) is 32.9 Å². The molecule has 3 aromatic rings. The van der Waals surface area contributed by atoms with E-state index >= 15 is 4.39 Å². The summed E-state index contributed by atoms with van der Waals surface area (Å²) >= 11 is 0. The number of rotatable bonds is 8. The summed E-state index contributed by atoms with van der Waals surface area (Å²) in [4.78, 5) is 7.80. The quantitative estimate of drug-likeness (QED) is 0.437. The van der Waals surface area contributed by atoms with Gasteiger partial charge in [-0.2, -0.15) is 0 Å². The lowest BCUT2D eigenvalue weighted by molar-refractivity contribution is 0.0161. The van der Waals surface area contributed by atoms with Crippen molar-refractivity contribution in [2.45, 2.75) is 57.5 Å². The van der Waals surface area contributed by atoms with Crippen LogP contribution in [0.3, 0.4) is 0 Å². The molecule has 1 fully saturated rings. The molecule has 1 saturated heterocycles. The fourth-order valence-electron chi connectivity index (χ4n) is 5.57. The molecule has 0 bridgehead atoms. The van der Waals surface area contributed by atoms with Crippen molar-refractivity contribution >= 4 is 10.9 Å². The predicted molar refractivity (Wildman–Crippen MR) is 133 cm³/mol. The second kappa shape index (κ2) is 9.51. The lowest BCUT2D eigenvalue weighted by atomic mass is 9.87. The molecule has 1 aromatic heterocycles. The van der Waals surface area contributed by atoms with Crippen LogP contribution in [0.25, 0.3) is 10.9 Å². The Kier molecular flexibility index (Phi) is 6.57. The summed E-state index contributed by atoms with van der Waals surface area (Å²) in [5, 5.41) is 1.17. The molecule has 35 heavy (non-hydrogen) atoms. The molecule has 2 unspecified atom stereocenters. The van der Waals surface area contributed by atoms with Crippen LogP contribution in [-0.4, -0.2) is 65.5 Å². The summed E-state index contributed by atoms with van der Waals surface area (Å²) < 4.78 is 48.4. The fraction of sp³-hybridized carbons (Fsp3) is 0.500. The van der Waals surface area contributed by atoms with E-state index < -0.39 is 11.5 Å². The number of nitrogens with one attached hydrogen (secondary N) is 1. The van der Waals surface area contributed by atoms with Crippen LogP contribution in [0, 0.1) is 5.82 Å². The number of nitrogens with zero attached hydrogens (tertiary/aromatic N) is 2. The van der Waals surface area contributed by atoms with E-state index in [1.165, 1.54) is 17.0 Å². The van der Waals surface area contributed by atoms with Gasteiger partial charge in [-0.25, -0.2) is 8.78 Å². The van der Waals surface area contributed by atoms with Crippen molar-refractivity contribution in [3.05, 3.63) is 65.1 Å². The number of hydrogen-bond donors (Lipinski definition) is 1. The number of para-hydroxylation sites is 1. The highest BCUT2D eigenvalue weighted by Gasteiger charge is 2.39. The minimum absolute atomic E-state index is 0.0889. The minimum Gasteiger partial charge on any atom is -0.485 e. The SMILES string of the molecule is CC1Cc2c([nH]c3ccccc23)C(c2ccc(OC3CN(CCCF)C3)c(F)c2)N1CC(C)(C)F. The maximum absolute atomic E-state index is 15.3. The van der Waals surface area contributed by atoms with Gasteiger partial charge in [0.1, 0.15) is 11.8 Å². The average molecular weight is 486 g/mol.